The summed E-state index contributed by atoms with van der Waals surface area (Å²) >= 11 is 0. The quantitative estimate of drug-likeness (QED) is 0.810. The van der Waals surface area contributed by atoms with Gasteiger partial charge in [0.05, 0.1) is 11.5 Å². The molecule has 1 atom stereocenters. The smallest absolute Gasteiger partial charge is 0.406 e. The van der Waals surface area contributed by atoms with Gasteiger partial charge in [-0.3, -0.25) is 0 Å². The minimum atomic E-state index is -4.86. The lowest BCUT2D eigenvalue weighted by Gasteiger charge is -2.15. The van der Waals surface area contributed by atoms with Gasteiger partial charge >= 0.3 is 6.36 Å². The van der Waals surface area contributed by atoms with Crippen molar-refractivity contribution in [3.05, 3.63) is 41.3 Å². The fraction of sp³-hybridized carbons (Fsp3) is 0.333. The first-order valence-electron chi connectivity index (χ1n) is 5.95. The maximum Gasteiger partial charge on any atom is 0.573 e. The Kier molecular flexibility index (Phi) is 4.26. The van der Waals surface area contributed by atoms with Gasteiger partial charge in [0.2, 0.25) is 0 Å². The van der Waals surface area contributed by atoms with Crippen molar-refractivity contribution in [2.75, 3.05) is 11.5 Å². The monoisotopic (exact) mass is 356 g/mol. The van der Waals surface area contributed by atoms with Crippen LogP contribution in [0, 0.1) is 0 Å². The molecule has 22 heavy (non-hydrogen) atoms. The van der Waals surface area contributed by atoms with Gasteiger partial charge in [-0.25, -0.2) is 16.8 Å². The van der Waals surface area contributed by atoms with Crippen LogP contribution >= 0.6 is 0 Å². The molecule has 5 nitrogen and oxygen atoms in total. The van der Waals surface area contributed by atoms with Crippen molar-refractivity contribution >= 4 is 19.7 Å². The summed E-state index contributed by atoms with van der Waals surface area (Å²) in [5.74, 6) is -1.53. The number of alkyl halides is 3. The summed E-state index contributed by atoms with van der Waals surface area (Å²) in [4.78, 5) is 0. The summed E-state index contributed by atoms with van der Waals surface area (Å²) in [5.41, 5.74) is 0.0876. The van der Waals surface area contributed by atoms with Crippen molar-refractivity contribution in [1.29, 1.82) is 0 Å². The first-order valence-corrected chi connectivity index (χ1v) is 9.38. The van der Waals surface area contributed by atoms with Crippen LogP contribution in [-0.2, 0) is 19.7 Å². The number of rotatable bonds is 2. The molecule has 10 heteroatoms. The third kappa shape index (κ3) is 4.23. The van der Waals surface area contributed by atoms with E-state index in [1.165, 1.54) is 0 Å². The Labute approximate surface area is 125 Å². The fourth-order valence-corrected chi connectivity index (χ4v) is 5.75. The largest absolute Gasteiger partial charge is 0.573 e. The van der Waals surface area contributed by atoms with Crippen LogP contribution in [0.1, 0.15) is 10.8 Å². The van der Waals surface area contributed by atoms with Crippen LogP contribution in [-0.4, -0.2) is 34.7 Å². The molecular weight excluding hydrogens is 345 g/mol. The predicted molar refractivity (Wildman–Crippen MR) is 72.6 cm³/mol. The highest BCUT2D eigenvalue weighted by Gasteiger charge is 2.34. The van der Waals surface area contributed by atoms with Crippen LogP contribution in [0.25, 0.3) is 0 Å². The number of ether oxygens (including phenoxy) is 1. The maximum atomic E-state index is 12.1. The van der Waals surface area contributed by atoms with E-state index >= 15 is 0 Å². The second-order valence-corrected chi connectivity index (χ2v) is 8.82. The number of sulfone groups is 2. The molecule has 1 aliphatic rings. The minimum Gasteiger partial charge on any atom is -0.406 e. The topological polar surface area (TPSA) is 77.5 Å². The van der Waals surface area contributed by atoms with E-state index < -0.39 is 48.5 Å². The molecule has 0 aliphatic carbocycles. The minimum absolute atomic E-state index is 0.0876. The van der Waals surface area contributed by atoms with Gasteiger partial charge in [-0.2, -0.15) is 0 Å². The molecule has 1 aromatic carbocycles. The van der Waals surface area contributed by atoms with Gasteiger partial charge in [-0.1, -0.05) is 18.2 Å². The number of halogens is 3. The van der Waals surface area contributed by atoms with Gasteiger partial charge in [0.25, 0.3) is 0 Å². The summed E-state index contributed by atoms with van der Waals surface area (Å²) in [6.45, 7) is 0. The molecule has 0 spiro atoms. The highest BCUT2D eigenvalue weighted by Crippen LogP contribution is 2.30. The molecule has 1 aromatic rings. The zero-order valence-corrected chi connectivity index (χ0v) is 12.6. The van der Waals surface area contributed by atoms with Gasteiger partial charge in [0, 0.05) is 5.41 Å². The molecule has 0 fully saturated rings. The first kappa shape index (κ1) is 16.8. The predicted octanol–water partition coefficient (Wildman–Crippen LogP) is 1.98. The zero-order valence-electron chi connectivity index (χ0n) is 10.9. The van der Waals surface area contributed by atoms with Gasteiger partial charge in [0.15, 0.2) is 19.7 Å². The standard InChI is InChI=1S/C12H11F3O5S2/c13-12(14,15)20-10-4-2-9(3-5-10)11-8-21(16,17)6-1-7-22(11,18)19/h1-5,7,11H,6,8H2. The van der Waals surface area contributed by atoms with E-state index in [1.54, 1.807) is 0 Å². The van der Waals surface area contributed by atoms with Gasteiger partial charge in [-0.05, 0) is 17.7 Å². The molecule has 0 amide bonds. The van der Waals surface area contributed by atoms with Crippen LogP contribution in [0.4, 0.5) is 13.2 Å². The normalized spacial score (nSPS) is 23.7. The molecule has 0 radical (unpaired) electrons. The molecule has 2 rings (SSSR count). The number of hydrogen-bond donors (Lipinski definition) is 0. The van der Waals surface area contributed by atoms with E-state index in [0.717, 1.165) is 35.7 Å². The Morgan fingerprint density at radius 3 is 2.18 bits per heavy atom. The average Bonchev–Trinajstić information content (AvgIpc) is 2.44. The first-order chi connectivity index (χ1) is 9.99. The van der Waals surface area contributed by atoms with Crippen LogP contribution < -0.4 is 4.74 Å². The van der Waals surface area contributed by atoms with E-state index in [-0.39, 0.29) is 5.56 Å². The van der Waals surface area contributed by atoms with Crippen molar-refractivity contribution in [2.45, 2.75) is 11.6 Å². The SMILES string of the molecule is O=S1(=O)CC=CS(=O)(=O)C(c2ccc(OC(F)(F)F)cc2)C1. The molecule has 0 bridgehead atoms. The molecule has 122 valence electrons. The van der Waals surface area contributed by atoms with Crippen molar-refractivity contribution in [1.82, 2.24) is 0 Å². The van der Waals surface area contributed by atoms with Crippen LogP contribution in [0.5, 0.6) is 5.75 Å². The molecule has 0 saturated carbocycles. The Morgan fingerprint density at radius 1 is 1.05 bits per heavy atom. The van der Waals surface area contributed by atoms with Crippen molar-refractivity contribution < 1.29 is 34.7 Å². The number of benzene rings is 1. The highest BCUT2D eigenvalue weighted by molar-refractivity contribution is 7.97. The molecule has 1 heterocycles. The van der Waals surface area contributed by atoms with Crippen LogP contribution in [0.2, 0.25) is 0 Å². The molecule has 0 saturated heterocycles. The zero-order chi connectivity index (χ0) is 16.6. The third-order valence-corrected chi connectivity index (χ3v) is 6.48. The molecule has 1 unspecified atom stereocenters. The van der Waals surface area contributed by atoms with Gasteiger partial charge in [-0.15, -0.1) is 13.2 Å². The van der Waals surface area contributed by atoms with E-state index in [4.69, 9.17) is 0 Å². The Morgan fingerprint density at radius 2 is 1.64 bits per heavy atom. The Balaban J connectivity index is 2.35. The Hall–Kier alpha value is -1.55. The summed E-state index contributed by atoms with van der Waals surface area (Å²) < 4.78 is 87.4. The second-order valence-electron chi connectivity index (χ2n) is 4.64. The lowest BCUT2D eigenvalue weighted by molar-refractivity contribution is -0.274. The van der Waals surface area contributed by atoms with Crippen molar-refractivity contribution in [3.8, 4) is 5.75 Å². The lowest BCUT2D eigenvalue weighted by atomic mass is 10.1. The van der Waals surface area contributed by atoms with Gasteiger partial charge in [0.1, 0.15) is 11.0 Å². The van der Waals surface area contributed by atoms with E-state index in [2.05, 4.69) is 4.74 Å². The van der Waals surface area contributed by atoms with E-state index in [1.807, 2.05) is 0 Å². The fourth-order valence-electron chi connectivity index (χ4n) is 1.98. The third-order valence-electron chi connectivity index (χ3n) is 2.92. The molecule has 1 aliphatic heterocycles. The number of hydrogen-bond acceptors (Lipinski definition) is 5. The maximum absolute atomic E-state index is 12.1. The summed E-state index contributed by atoms with van der Waals surface area (Å²) in [5, 5.41) is -0.529. The average molecular weight is 356 g/mol. The lowest BCUT2D eigenvalue weighted by Crippen LogP contribution is -2.20. The van der Waals surface area contributed by atoms with Crippen molar-refractivity contribution in [3.63, 3.8) is 0 Å². The highest BCUT2D eigenvalue weighted by atomic mass is 32.2. The van der Waals surface area contributed by atoms with E-state index in [0.29, 0.717) is 0 Å². The summed E-state index contributed by atoms with van der Waals surface area (Å²) in [7, 11) is -7.46. The van der Waals surface area contributed by atoms with E-state index in [9.17, 15) is 30.0 Å². The molecule has 0 aromatic heterocycles. The summed E-state index contributed by atoms with van der Waals surface area (Å²) in [6, 6.07) is 4.11. The second kappa shape index (κ2) is 5.58. The van der Waals surface area contributed by atoms with Crippen molar-refractivity contribution in [2.24, 2.45) is 0 Å². The Bertz CT molecular complexity index is 777. The van der Waals surface area contributed by atoms with Crippen LogP contribution in [0.3, 0.4) is 0 Å². The summed E-state index contributed by atoms with van der Waals surface area (Å²) in [6.07, 6.45) is -3.81. The van der Waals surface area contributed by atoms with Gasteiger partial charge < -0.3 is 4.74 Å². The van der Waals surface area contributed by atoms with Crippen LogP contribution in [0.15, 0.2) is 35.7 Å². The molecular formula is C12H11F3O5S2. The molecule has 0 N–H and O–H groups in total.